The molecule has 0 amide bonds. The van der Waals surface area contributed by atoms with E-state index in [4.69, 9.17) is 4.74 Å². The molecule has 1 rings (SSSR count). The molecule has 1 aromatic carbocycles. The van der Waals surface area contributed by atoms with Gasteiger partial charge in [-0.25, -0.2) is 0 Å². The van der Waals surface area contributed by atoms with Crippen LogP contribution in [0.2, 0.25) is 0 Å². The highest BCUT2D eigenvalue weighted by Gasteiger charge is 1.96. The minimum atomic E-state index is 0.802. The van der Waals surface area contributed by atoms with Gasteiger partial charge in [-0.2, -0.15) is 0 Å². The van der Waals surface area contributed by atoms with E-state index in [0.29, 0.717) is 0 Å². The van der Waals surface area contributed by atoms with Gasteiger partial charge in [-0.05, 0) is 38.0 Å². The second kappa shape index (κ2) is 6.85. The van der Waals surface area contributed by atoms with Crippen LogP contribution in [-0.4, -0.2) is 19.8 Å². The summed E-state index contributed by atoms with van der Waals surface area (Å²) in [5.74, 6) is 0. The number of rotatable bonds is 6. The maximum Gasteiger partial charge on any atom is 0.0482 e. The smallest absolute Gasteiger partial charge is 0.0482 e. The minimum Gasteiger partial charge on any atom is -0.385 e. The Bertz CT molecular complexity index is 302. The van der Waals surface area contributed by atoms with Crippen molar-refractivity contribution in [2.75, 3.05) is 25.1 Å². The summed E-state index contributed by atoms with van der Waals surface area (Å²) in [5.41, 5.74) is 2.42. The predicted molar refractivity (Wildman–Crippen MR) is 68.5 cm³/mol. The number of ether oxygens (including phenoxy) is 1. The third-order valence-corrected chi connectivity index (χ3v) is 3.02. The van der Waals surface area contributed by atoms with E-state index in [0.717, 1.165) is 36.3 Å². The lowest BCUT2D eigenvalue weighted by molar-refractivity contribution is 0.147. The van der Waals surface area contributed by atoms with Gasteiger partial charge in [0.05, 0.1) is 0 Å². The second-order valence-corrected chi connectivity index (χ2v) is 4.30. The quantitative estimate of drug-likeness (QED) is 0.799. The number of nitrogens with one attached hydrogen (secondary N) is 1. The number of anilines is 1. The van der Waals surface area contributed by atoms with Crippen molar-refractivity contribution in [3.63, 3.8) is 0 Å². The Balaban J connectivity index is 2.28. The van der Waals surface area contributed by atoms with Crippen LogP contribution in [0, 0.1) is 6.92 Å². The van der Waals surface area contributed by atoms with E-state index in [1.165, 1.54) is 5.56 Å². The Hall–Kier alpha value is -0.540. The summed E-state index contributed by atoms with van der Waals surface area (Å²) in [4.78, 5) is 0. The zero-order chi connectivity index (χ0) is 11.1. The molecule has 0 saturated carbocycles. The Morgan fingerprint density at radius 2 is 2.20 bits per heavy atom. The highest BCUT2D eigenvalue weighted by atomic mass is 79.9. The predicted octanol–water partition coefficient (Wildman–Crippen LogP) is 3.60. The topological polar surface area (TPSA) is 21.3 Å². The molecule has 0 atom stereocenters. The van der Waals surface area contributed by atoms with Gasteiger partial charge in [-0.15, -0.1) is 0 Å². The summed E-state index contributed by atoms with van der Waals surface area (Å²) in [6.07, 6.45) is 1.04. The van der Waals surface area contributed by atoms with Gasteiger partial charge < -0.3 is 10.1 Å². The summed E-state index contributed by atoms with van der Waals surface area (Å²) < 4.78 is 6.42. The molecule has 3 heteroatoms. The highest BCUT2D eigenvalue weighted by molar-refractivity contribution is 9.10. The molecule has 0 fully saturated rings. The maximum atomic E-state index is 5.27. The van der Waals surface area contributed by atoms with Crippen LogP contribution in [-0.2, 0) is 4.74 Å². The van der Waals surface area contributed by atoms with E-state index in [1.54, 1.807) is 0 Å². The van der Waals surface area contributed by atoms with Gasteiger partial charge >= 0.3 is 0 Å². The molecule has 84 valence electrons. The zero-order valence-corrected chi connectivity index (χ0v) is 10.9. The number of halogens is 1. The summed E-state index contributed by atoms with van der Waals surface area (Å²) in [6, 6.07) is 6.31. The van der Waals surface area contributed by atoms with Crippen LogP contribution in [0.3, 0.4) is 0 Å². The van der Waals surface area contributed by atoms with Crippen LogP contribution >= 0.6 is 15.9 Å². The van der Waals surface area contributed by atoms with Crippen molar-refractivity contribution in [3.8, 4) is 0 Å². The molecule has 0 aliphatic heterocycles. The molecule has 2 nitrogen and oxygen atoms in total. The summed E-state index contributed by atoms with van der Waals surface area (Å²) in [5, 5.41) is 3.36. The van der Waals surface area contributed by atoms with Gasteiger partial charge in [0, 0.05) is 29.9 Å². The van der Waals surface area contributed by atoms with Crippen molar-refractivity contribution < 1.29 is 4.74 Å². The average Bonchev–Trinajstić information content (AvgIpc) is 2.23. The van der Waals surface area contributed by atoms with E-state index in [-0.39, 0.29) is 0 Å². The fourth-order valence-electron chi connectivity index (χ4n) is 1.25. The normalized spacial score (nSPS) is 10.3. The first-order valence-electron chi connectivity index (χ1n) is 5.32. The third kappa shape index (κ3) is 4.67. The van der Waals surface area contributed by atoms with Crippen LogP contribution in [0.25, 0.3) is 0 Å². The van der Waals surface area contributed by atoms with Crippen LogP contribution in [0.4, 0.5) is 5.69 Å². The van der Waals surface area contributed by atoms with E-state index in [2.05, 4.69) is 46.4 Å². The van der Waals surface area contributed by atoms with E-state index in [1.807, 2.05) is 6.92 Å². The summed E-state index contributed by atoms with van der Waals surface area (Å²) in [6.45, 7) is 6.69. The SMILES string of the molecule is CCOCCCNc1ccc(C)c(Br)c1. The minimum absolute atomic E-state index is 0.802. The first kappa shape index (κ1) is 12.5. The van der Waals surface area contributed by atoms with Crippen LogP contribution in [0.5, 0.6) is 0 Å². The van der Waals surface area contributed by atoms with Crippen molar-refractivity contribution in [1.29, 1.82) is 0 Å². The molecule has 0 spiro atoms. The number of hydrogen-bond acceptors (Lipinski definition) is 2. The van der Waals surface area contributed by atoms with E-state index >= 15 is 0 Å². The Morgan fingerprint density at radius 1 is 1.40 bits per heavy atom. The second-order valence-electron chi connectivity index (χ2n) is 3.44. The molecular formula is C12H18BrNO. The van der Waals surface area contributed by atoms with Crippen molar-refractivity contribution in [2.24, 2.45) is 0 Å². The molecule has 1 aromatic rings. The van der Waals surface area contributed by atoms with Gasteiger partial charge in [-0.1, -0.05) is 22.0 Å². The maximum absolute atomic E-state index is 5.27. The number of aryl methyl sites for hydroxylation is 1. The summed E-state index contributed by atoms with van der Waals surface area (Å²) >= 11 is 3.52. The molecule has 0 aliphatic rings. The van der Waals surface area contributed by atoms with Gasteiger partial charge in [0.1, 0.15) is 0 Å². The molecule has 15 heavy (non-hydrogen) atoms. The lowest BCUT2D eigenvalue weighted by Crippen LogP contribution is -2.05. The number of benzene rings is 1. The molecule has 0 bridgehead atoms. The molecule has 1 N–H and O–H groups in total. The van der Waals surface area contributed by atoms with Crippen molar-refractivity contribution in [1.82, 2.24) is 0 Å². The van der Waals surface area contributed by atoms with Crippen molar-refractivity contribution in [3.05, 3.63) is 28.2 Å². The van der Waals surface area contributed by atoms with Crippen molar-refractivity contribution in [2.45, 2.75) is 20.3 Å². The Labute approximate surface area is 100 Å². The monoisotopic (exact) mass is 271 g/mol. The average molecular weight is 272 g/mol. The van der Waals surface area contributed by atoms with Crippen LogP contribution < -0.4 is 5.32 Å². The molecule has 0 aliphatic carbocycles. The molecule has 0 saturated heterocycles. The Morgan fingerprint density at radius 3 is 2.87 bits per heavy atom. The van der Waals surface area contributed by atoms with Gasteiger partial charge in [-0.3, -0.25) is 0 Å². The standard InChI is InChI=1S/C12H18BrNO/c1-3-15-8-4-7-14-11-6-5-10(2)12(13)9-11/h5-6,9,14H,3-4,7-8H2,1-2H3. The fraction of sp³-hybridized carbons (Fsp3) is 0.500. The van der Waals surface area contributed by atoms with E-state index in [9.17, 15) is 0 Å². The first-order valence-corrected chi connectivity index (χ1v) is 6.11. The fourth-order valence-corrected chi connectivity index (χ4v) is 1.63. The van der Waals surface area contributed by atoms with Gasteiger partial charge in [0.25, 0.3) is 0 Å². The van der Waals surface area contributed by atoms with Gasteiger partial charge in [0.15, 0.2) is 0 Å². The lowest BCUT2D eigenvalue weighted by Gasteiger charge is -2.07. The van der Waals surface area contributed by atoms with Crippen molar-refractivity contribution >= 4 is 21.6 Å². The zero-order valence-electron chi connectivity index (χ0n) is 9.35. The van der Waals surface area contributed by atoms with Crippen LogP contribution in [0.15, 0.2) is 22.7 Å². The van der Waals surface area contributed by atoms with Crippen LogP contribution in [0.1, 0.15) is 18.9 Å². The van der Waals surface area contributed by atoms with E-state index < -0.39 is 0 Å². The molecular weight excluding hydrogens is 254 g/mol. The molecule has 0 radical (unpaired) electrons. The highest BCUT2D eigenvalue weighted by Crippen LogP contribution is 2.20. The molecule has 0 unspecified atom stereocenters. The largest absolute Gasteiger partial charge is 0.385 e. The lowest BCUT2D eigenvalue weighted by atomic mass is 10.2. The number of hydrogen-bond donors (Lipinski definition) is 1. The Kier molecular flexibility index (Phi) is 5.73. The molecule has 0 heterocycles. The third-order valence-electron chi connectivity index (χ3n) is 2.17. The summed E-state index contributed by atoms with van der Waals surface area (Å²) in [7, 11) is 0. The first-order chi connectivity index (χ1) is 7.24. The molecule has 0 aromatic heterocycles. The van der Waals surface area contributed by atoms with Gasteiger partial charge in [0.2, 0.25) is 0 Å².